The van der Waals surface area contributed by atoms with E-state index >= 15 is 0 Å². The molecule has 2 heteroatoms. The number of aryl methyl sites for hydroxylation is 2. The molecular weight excluding hydrogens is 220 g/mol. The molecule has 1 aliphatic rings. The maximum Gasteiger partial charge on any atom is 0.0606 e. The molecule has 2 nitrogen and oxygen atoms in total. The molecule has 1 aromatic rings. The van der Waals surface area contributed by atoms with E-state index < -0.39 is 0 Å². The van der Waals surface area contributed by atoms with Crippen LogP contribution in [0.15, 0.2) is 12.1 Å². The van der Waals surface area contributed by atoms with Gasteiger partial charge in [-0.05, 0) is 63.5 Å². The van der Waals surface area contributed by atoms with Gasteiger partial charge in [-0.25, -0.2) is 0 Å². The highest BCUT2D eigenvalue weighted by Crippen LogP contribution is 2.31. The number of pyridine rings is 1. The van der Waals surface area contributed by atoms with Crippen molar-refractivity contribution in [3.63, 3.8) is 0 Å². The van der Waals surface area contributed by atoms with Gasteiger partial charge in [0.25, 0.3) is 0 Å². The Labute approximate surface area is 111 Å². The molecule has 0 atom stereocenters. The first-order valence-corrected chi connectivity index (χ1v) is 7.27. The van der Waals surface area contributed by atoms with Crippen LogP contribution in [0.1, 0.15) is 50.9 Å². The van der Waals surface area contributed by atoms with E-state index in [2.05, 4.69) is 43.2 Å². The van der Waals surface area contributed by atoms with E-state index in [1.807, 2.05) is 6.92 Å². The quantitative estimate of drug-likeness (QED) is 0.859. The Morgan fingerprint density at radius 2 is 1.78 bits per heavy atom. The summed E-state index contributed by atoms with van der Waals surface area (Å²) in [6.45, 7) is 8.85. The normalized spacial score (nSPS) is 24.3. The first-order valence-electron chi connectivity index (χ1n) is 7.27. The lowest BCUT2D eigenvalue weighted by Crippen LogP contribution is -2.28. The van der Waals surface area contributed by atoms with Crippen LogP contribution in [0.25, 0.3) is 0 Å². The van der Waals surface area contributed by atoms with Crippen molar-refractivity contribution in [3.05, 3.63) is 23.5 Å². The summed E-state index contributed by atoms with van der Waals surface area (Å²) in [5.74, 6) is 1.77. The zero-order valence-electron chi connectivity index (χ0n) is 12.2. The molecule has 0 amide bonds. The number of aromatic nitrogens is 1. The van der Waals surface area contributed by atoms with Crippen LogP contribution in [-0.2, 0) is 0 Å². The van der Waals surface area contributed by atoms with E-state index in [0.717, 1.165) is 23.2 Å². The minimum Gasteiger partial charge on any atom is -0.381 e. The number of anilines is 1. The van der Waals surface area contributed by atoms with E-state index in [0.29, 0.717) is 6.04 Å². The maximum atomic E-state index is 4.52. The molecule has 0 radical (unpaired) electrons. The van der Waals surface area contributed by atoms with E-state index in [1.165, 1.54) is 31.4 Å². The second-order valence-corrected chi connectivity index (χ2v) is 6.09. The van der Waals surface area contributed by atoms with Gasteiger partial charge in [0.05, 0.1) is 11.4 Å². The zero-order chi connectivity index (χ0) is 13.1. The predicted molar refractivity (Wildman–Crippen MR) is 77.9 cm³/mol. The molecule has 18 heavy (non-hydrogen) atoms. The summed E-state index contributed by atoms with van der Waals surface area (Å²) in [5, 5.41) is 3.67. The lowest BCUT2D eigenvalue weighted by atomic mass is 9.79. The van der Waals surface area contributed by atoms with Crippen molar-refractivity contribution in [2.75, 3.05) is 5.32 Å². The summed E-state index contributed by atoms with van der Waals surface area (Å²) in [7, 11) is 0. The highest BCUT2D eigenvalue weighted by atomic mass is 14.9. The molecular formula is C16H26N2. The number of nitrogens with zero attached hydrogens (tertiary/aromatic N) is 1. The molecule has 0 aromatic carbocycles. The topological polar surface area (TPSA) is 24.9 Å². The number of hydrogen-bond acceptors (Lipinski definition) is 2. The molecule has 1 fully saturated rings. The van der Waals surface area contributed by atoms with Crippen molar-refractivity contribution in [1.29, 1.82) is 0 Å². The van der Waals surface area contributed by atoms with Crippen LogP contribution in [0.3, 0.4) is 0 Å². The molecule has 0 spiro atoms. The molecule has 0 aliphatic heterocycles. The minimum absolute atomic E-state index is 0.642. The summed E-state index contributed by atoms with van der Waals surface area (Å²) in [5.41, 5.74) is 3.44. The molecule has 1 saturated carbocycles. The molecule has 0 unspecified atom stereocenters. The first kappa shape index (κ1) is 13.4. The van der Waals surface area contributed by atoms with Gasteiger partial charge >= 0.3 is 0 Å². The van der Waals surface area contributed by atoms with Crippen LogP contribution in [0.4, 0.5) is 5.69 Å². The molecule has 100 valence electrons. The van der Waals surface area contributed by atoms with E-state index in [9.17, 15) is 0 Å². The van der Waals surface area contributed by atoms with Gasteiger partial charge in [0.15, 0.2) is 0 Å². The van der Waals surface area contributed by atoms with Gasteiger partial charge in [-0.3, -0.25) is 4.98 Å². The van der Waals surface area contributed by atoms with Crippen LogP contribution in [0, 0.1) is 25.7 Å². The van der Waals surface area contributed by atoms with Crippen LogP contribution in [-0.4, -0.2) is 11.0 Å². The SMILES string of the molecule is Cc1ccc(NC2CCC(C(C)C)CC2)c(C)n1. The van der Waals surface area contributed by atoms with E-state index in [4.69, 9.17) is 0 Å². The fourth-order valence-corrected chi connectivity index (χ4v) is 2.99. The lowest BCUT2D eigenvalue weighted by molar-refractivity contribution is 0.267. The van der Waals surface area contributed by atoms with Crippen LogP contribution in [0.5, 0.6) is 0 Å². The van der Waals surface area contributed by atoms with Crippen molar-refractivity contribution in [2.45, 2.75) is 59.4 Å². The number of hydrogen-bond donors (Lipinski definition) is 1. The molecule has 1 aliphatic carbocycles. The Balaban J connectivity index is 1.91. The zero-order valence-corrected chi connectivity index (χ0v) is 12.2. The third-order valence-corrected chi connectivity index (χ3v) is 4.30. The minimum atomic E-state index is 0.642. The first-order chi connectivity index (χ1) is 8.56. The van der Waals surface area contributed by atoms with Gasteiger partial charge in [-0.2, -0.15) is 0 Å². The number of nitrogens with one attached hydrogen (secondary N) is 1. The fraction of sp³-hybridized carbons (Fsp3) is 0.688. The van der Waals surface area contributed by atoms with Gasteiger partial charge in [-0.15, -0.1) is 0 Å². The third kappa shape index (κ3) is 3.24. The Morgan fingerprint density at radius 1 is 1.11 bits per heavy atom. The van der Waals surface area contributed by atoms with Crippen LogP contribution >= 0.6 is 0 Å². The Hall–Kier alpha value is -1.05. The highest BCUT2D eigenvalue weighted by molar-refractivity contribution is 5.48. The average molecular weight is 246 g/mol. The maximum absolute atomic E-state index is 4.52. The Kier molecular flexibility index (Phi) is 4.26. The lowest BCUT2D eigenvalue weighted by Gasteiger charge is -2.32. The average Bonchev–Trinajstić information content (AvgIpc) is 2.33. The monoisotopic (exact) mass is 246 g/mol. The fourth-order valence-electron chi connectivity index (χ4n) is 2.99. The summed E-state index contributed by atoms with van der Waals surface area (Å²) in [4.78, 5) is 4.52. The Bertz CT molecular complexity index is 390. The predicted octanol–water partition coefficient (Wildman–Crippen LogP) is 4.33. The van der Waals surface area contributed by atoms with Crippen molar-refractivity contribution < 1.29 is 0 Å². The van der Waals surface area contributed by atoms with Crippen molar-refractivity contribution in [2.24, 2.45) is 11.8 Å². The summed E-state index contributed by atoms with van der Waals surface area (Å²) < 4.78 is 0. The van der Waals surface area contributed by atoms with Crippen molar-refractivity contribution in [1.82, 2.24) is 4.98 Å². The van der Waals surface area contributed by atoms with Gasteiger partial charge < -0.3 is 5.32 Å². The molecule has 1 heterocycles. The number of rotatable bonds is 3. The summed E-state index contributed by atoms with van der Waals surface area (Å²) in [6.07, 6.45) is 5.34. The second kappa shape index (κ2) is 5.73. The van der Waals surface area contributed by atoms with Crippen molar-refractivity contribution in [3.8, 4) is 0 Å². The third-order valence-electron chi connectivity index (χ3n) is 4.30. The standard InChI is InChI=1S/C16H26N2/c1-11(2)14-6-8-15(9-7-14)18-16-10-5-12(3)17-13(16)4/h5,10-11,14-15,18H,6-9H2,1-4H3. The molecule has 1 aromatic heterocycles. The van der Waals surface area contributed by atoms with Gasteiger partial charge in [0, 0.05) is 11.7 Å². The summed E-state index contributed by atoms with van der Waals surface area (Å²) >= 11 is 0. The smallest absolute Gasteiger partial charge is 0.0606 e. The van der Waals surface area contributed by atoms with E-state index in [1.54, 1.807) is 0 Å². The molecule has 1 N–H and O–H groups in total. The summed E-state index contributed by atoms with van der Waals surface area (Å²) in [6, 6.07) is 4.91. The largest absolute Gasteiger partial charge is 0.381 e. The van der Waals surface area contributed by atoms with Crippen LogP contribution < -0.4 is 5.32 Å². The Morgan fingerprint density at radius 3 is 2.33 bits per heavy atom. The second-order valence-electron chi connectivity index (χ2n) is 6.09. The molecule has 0 bridgehead atoms. The highest BCUT2D eigenvalue weighted by Gasteiger charge is 2.23. The molecule has 2 rings (SSSR count). The van der Waals surface area contributed by atoms with Gasteiger partial charge in [0.1, 0.15) is 0 Å². The van der Waals surface area contributed by atoms with E-state index in [-0.39, 0.29) is 0 Å². The van der Waals surface area contributed by atoms with Crippen LogP contribution in [0.2, 0.25) is 0 Å². The van der Waals surface area contributed by atoms with Crippen molar-refractivity contribution >= 4 is 5.69 Å². The van der Waals surface area contributed by atoms with Gasteiger partial charge in [-0.1, -0.05) is 13.8 Å². The molecule has 0 saturated heterocycles. The van der Waals surface area contributed by atoms with Gasteiger partial charge in [0.2, 0.25) is 0 Å².